The Morgan fingerprint density at radius 3 is 1.35 bits per heavy atom. The third-order valence-electron chi connectivity index (χ3n) is 1.31. The molecular formula is C13H19ClO6. The van der Waals surface area contributed by atoms with Gasteiger partial charge in [-0.2, -0.15) is 0 Å². The number of hydrogen-bond donors (Lipinski definition) is 0. The number of ether oxygens (including phenoxy) is 3. The first-order valence-electron chi connectivity index (χ1n) is 5.04. The van der Waals surface area contributed by atoms with Crippen LogP contribution in [0.15, 0.2) is 36.4 Å². The molecule has 0 atom stereocenters. The zero-order chi connectivity index (χ0) is 16.7. The van der Waals surface area contributed by atoms with Crippen LogP contribution < -0.4 is 0 Å². The number of carbonyl (C=O) groups is 3. The van der Waals surface area contributed by atoms with Crippen molar-refractivity contribution in [2.75, 3.05) is 21.3 Å². The van der Waals surface area contributed by atoms with Gasteiger partial charge in [0.1, 0.15) is 5.03 Å². The fourth-order valence-corrected chi connectivity index (χ4v) is 0.445. The van der Waals surface area contributed by atoms with E-state index >= 15 is 0 Å². The molecule has 0 aromatic heterocycles. The van der Waals surface area contributed by atoms with E-state index in [1.165, 1.54) is 21.3 Å². The number of esters is 3. The van der Waals surface area contributed by atoms with E-state index in [1.54, 1.807) is 6.92 Å². The molecule has 0 spiro atoms. The predicted octanol–water partition coefficient (Wildman–Crippen LogP) is 1.99. The molecule has 0 aliphatic carbocycles. The summed E-state index contributed by atoms with van der Waals surface area (Å²) in [5.41, 5.74) is 0.433. The fraction of sp³-hybridized carbons (Fsp3) is 0.308. The molecule has 0 saturated heterocycles. The third-order valence-corrected chi connectivity index (χ3v) is 1.46. The minimum Gasteiger partial charge on any atom is -0.466 e. The first-order valence-corrected chi connectivity index (χ1v) is 5.42. The lowest BCUT2D eigenvalue weighted by atomic mass is 10.4. The minimum absolute atomic E-state index is 0.0949. The van der Waals surface area contributed by atoms with Gasteiger partial charge in [-0.15, -0.1) is 0 Å². The SMILES string of the molecule is C=C(C)C(=O)OC.C=C(Cl)C(=O)OC.C=CC(=O)OC. The van der Waals surface area contributed by atoms with Gasteiger partial charge in [-0.25, -0.2) is 14.4 Å². The highest BCUT2D eigenvalue weighted by Gasteiger charge is 1.98. The first-order chi connectivity index (χ1) is 9.17. The van der Waals surface area contributed by atoms with Gasteiger partial charge in [0.15, 0.2) is 0 Å². The number of rotatable bonds is 3. The van der Waals surface area contributed by atoms with Crippen LogP contribution in [0.25, 0.3) is 0 Å². The molecule has 0 fully saturated rings. The van der Waals surface area contributed by atoms with Crippen LogP contribution in [-0.2, 0) is 28.6 Å². The zero-order valence-corrected chi connectivity index (χ0v) is 12.8. The van der Waals surface area contributed by atoms with Crippen molar-refractivity contribution < 1.29 is 28.6 Å². The van der Waals surface area contributed by atoms with E-state index in [9.17, 15) is 14.4 Å². The molecule has 0 rings (SSSR count). The molecular weight excluding hydrogens is 288 g/mol. The molecule has 0 bridgehead atoms. The van der Waals surface area contributed by atoms with Crippen molar-refractivity contribution in [3.05, 3.63) is 36.4 Å². The lowest BCUT2D eigenvalue weighted by Crippen LogP contribution is -1.98. The largest absolute Gasteiger partial charge is 0.466 e. The summed E-state index contributed by atoms with van der Waals surface area (Å²) in [6, 6.07) is 0. The van der Waals surface area contributed by atoms with Gasteiger partial charge in [-0.3, -0.25) is 0 Å². The van der Waals surface area contributed by atoms with Crippen LogP contribution in [0, 0.1) is 0 Å². The summed E-state index contributed by atoms with van der Waals surface area (Å²) in [5.74, 6) is -1.32. The second-order valence-corrected chi connectivity index (χ2v) is 3.35. The van der Waals surface area contributed by atoms with E-state index in [2.05, 4.69) is 33.9 Å². The van der Waals surface area contributed by atoms with Crippen molar-refractivity contribution in [3.8, 4) is 0 Å². The molecule has 7 heteroatoms. The second-order valence-electron chi connectivity index (χ2n) is 2.90. The van der Waals surface area contributed by atoms with E-state index in [0.29, 0.717) is 5.57 Å². The molecule has 0 aliphatic rings. The highest BCUT2D eigenvalue weighted by Crippen LogP contribution is 1.96. The van der Waals surface area contributed by atoms with Crippen LogP contribution in [-0.4, -0.2) is 39.2 Å². The Morgan fingerprint density at radius 1 is 0.950 bits per heavy atom. The van der Waals surface area contributed by atoms with Crippen LogP contribution >= 0.6 is 11.6 Å². The molecule has 20 heavy (non-hydrogen) atoms. The summed E-state index contributed by atoms with van der Waals surface area (Å²) in [7, 11) is 3.89. The van der Waals surface area contributed by atoms with Gasteiger partial charge in [0.05, 0.1) is 21.3 Å². The maximum absolute atomic E-state index is 10.2. The summed E-state index contributed by atoms with van der Waals surface area (Å²) < 4.78 is 12.6. The first kappa shape index (κ1) is 23.0. The van der Waals surface area contributed by atoms with Crippen LogP contribution in [0.3, 0.4) is 0 Å². The Balaban J connectivity index is -0.000000218. The Labute approximate surface area is 123 Å². The Bertz CT molecular complexity index is 347. The van der Waals surface area contributed by atoms with Crippen molar-refractivity contribution in [2.24, 2.45) is 0 Å². The molecule has 0 N–H and O–H groups in total. The molecule has 0 saturated carbocycles. The van der Waals surface area contributed by atoms with Gasteiger partial charge >= 0.3 is 17.9 Å². The summed E-state index contributed by atoms with van der Waals surface area (Å²) in [6.45, 7) is 11.2. The molecule has 0 aliphatic heterocycles. The minimum atomic E-state index is -0.582. The van der Waals surface area contributed by atoms with Crippen molar-refractivity contribution in [3.63, 3.8) is 0 Å². The van der Waals surface area contributed by atoms with Crippen LogP contribution in [0.1, 0.15) is 6.92 Å². The second kappa shape index (κ2) is 15.0. The van der Waals surface area contributed by atoms with Gasteiger partial charge in [-0.05, 0) is 6.92 Å². The van der Waals surface area contributed by atoms with Crippen LogP contribution in [0.4, 0.5) is 0 Å². The lowest BCUT2D eigenvalue weighted by Gasteiger charge is -1.91. The zero-order valence-electron chi connectivity index (χ0n) is 12.0. The Kier molecular flexibility index (Phi) is 17.3. The number of halogens is 1. The average Bonchev–Trinajstić information content (AvgIpc) is 2.45. The number of hydrogen-bond acceptors (Lipinski definition) is 6. The highest BCUT2D eigenvalue weighted by atomic mass is 35.5. The van der Waals surface area contributed by atoms with Gasteiger partial charge in [0.2, 0.25) is 0 Å². The van der Waals surface area contributed by atoms with E-state index in [4.69, 9.17) is 11.6 Å². The van der Waals surface area contributed by atoms with Gasteiger partial charge in [0, 0.05) is 11.6 Å². The fourth-order valence-electron chi connectivity index (χ4n) is 0.368. The maximum atomic E-state index is 10.2. The average molecular weight is 307 g/mol. The smallest absolute Gasteiger partial charge is 0.348 e. The van der Waals surface area contributed by atoms with Crippen LogP contribution in [0.2, 0.25) is 0 Å². The number of carbonyl (C=O) groups excluding carboxylic acids is 3. The van der Waals surface area contributed by atoms with Crippen molar-refractivity contribution in [1.82, 2.24) is 0 Å². The van der Waals surface area contributed by atoms with Crippen molar-refractivity contribution in [2.45, 2.75) is 6.92 Å². The van der Waals surface area contributed by atoms with Gasteiger partial charge < -0.3 is 14.2 Å². The normalized spacial score (nSPS) is 7.45. The summed E-state index contributed by atoms with van der Waals surface area (Å²) in [6.07, 6.45) is 1.11. The van der Waals surface area contributed by atoms with E-state index in [-0.39, 0.29) is 11.0 Å². The van der Waals surface area contributed by atoms with E-state index in [1.807, 2.05) is 0 Å². The molecule has 0 amide bonds. The van der Waals surface area contributed by atoms with E-state index in [0.717, 1.165) is 6.08 Å². The van der Waals surface area contributed by atoms with Crippen molar-refractivity contribution in [1.29, 1.82) is 0 Å². The Hall–Kier alpha value is -2.08. The number of methoxy groups -OCH3 is 3. The van der Waals surface area contributed by atoms with Gasteiger partial charge in [-0.1, -0.05) is 31.3 Å². The highest BCUT2D eigenvalue weighted by molar-refractivity contribution is 6.40. The molecule has 0 aromatic rings. The predicted molar refractivity (Wildman–Crippen MR) is 76.1 cm³/mol. The maximum Gasteiger partial charge on any atom is 0.348 e. The van der Waals surface area contributed by atoms with Crippen molar-refractivity contribution >= 4 is 29.5 Å². The molecule has 6 nitrogen and oxygen atoms in total. The quantitative estimate of drug-likeness (QED) is 0.451. The molecule has 0 heterocycles. The van der Waals surface area contributed by atoms with E-state index < -0.39 is 11.9 Å². The van der Waals surface area contributed by atoms with Crippen LogP contribution in [0.5, 0.6) is 0 Å². The molecule has 0 aromatic carbocycles. The standard InChI is InChI=1S/C5H8O2.C4H5ClO2.C4H6O2/c1-4(2)5(6)7-3;1-3(5)4(6)7-2;1-3-4(5)6-2/h1H2,2-3H3;1H2,2H3;3H,1H2,2H3. The Morgan fingerprint density at radius 2 is 1.35 bits per heavy atom. The summed E-state index contributed by atoms with van der Waals surface area (Å²) in [4.78, 5) is 30.1. The lowest BCUT2D eigenvalue weighted by molar-refractivity contribution is -0.136. The molecule has 114 valence electrons. The summed E-state index contributed by atoms with van der Waals surface area (Å²) in [5, 5.41) is -0.0949. The topological polar surface area (TPSA) is 78.9 Å². The monoisotopic (exact) mass is 306 g/mol. The molecule has 0 unspecified atom stereocenters. The third kappa shape index (κ3) is 18.3. The van der Waals surface area contributed by atoms with Gasteiger partial charge in [0.25, 0.3) is 0 Å². The summed E-state index contributed by atoms with van der Waals surface area (Å²) >= 11 is 5.06. The molecule has 0 radical (unpaired) electrons.